The van der Waals surface area contributed by atoms with Gasteiger partial charge in [-0.2, -0.15) is 0 Å². The van der Waals surface area contributed by atoms with E-state index in [9.17, 15) is 20.1 Å². The number of benzene rings is 3. The maximum Gasteiger partial charge on any atom is 0.224 e. The summed E-state index contributed by atoms with van der Waals surface area (Å²) in [6, 6.07) is 18.5. The van der Waals surface area contributed by atoms with Crippen molar-refractivity contribution in [2.45, 2.75) is 44.9 Å². The van der Waals surface area contributed by atoms with Gasteiger partial charge in [0.1, 0.15) is 5.75 Å². The van der Waals surface area contributed by atoms with Crippen LogP contribution in [0, 0.1) is 0 Å². The van der Waals surface area contributed by atoms with E-state index in [0.717, 1.165) is 23.1 Å². The van der Waals surface area contributed by atoms with Gasteiger partial charge in [0.15, 0.2) is 11.5 Å². The van der Waals surface area contributed by atoms with Gasteiger partial charge in [-0.15, -0.1) is 0 Å². The minimum absolute atomic E-state index is 0.0104. The van der Waals surface area contributed by atoms with Crippen molar-refractivity contribution in [3.8, 4) is 17.2 Å². The van der Waals surface area contributed by atoms with Gasteiger partial charge in [-0.05, 0) is 66.3 Å². The van der Waals surface area contributed by atoms with Crippen LogP contribution in [-0.4, -0.2) is 54.6 Å². The van der Waals surface area contributed by atoms with E-state index >= 15 is 0 Å². The van der Waals surface area contributed by atoms with Crippen molar-refractivity contribution >= 4 is 5.91 Å². The lowest BCUT2D eigenvalue weighted by atomic mass is 10.0. The summed E-state index contributed by atoms with van der Waals surface area (Å²) in [5.74, 6) is 1.32. The molecule has 38 heavy (non-hydrogen) atoms. The lowest BCUT2D eigenvalue weighted by Gasteiger charge is -2.18. The van der Waals surface area contributed by atoms with E-state index in [1.54, 1.807) is 26.4 Å². The molecule has 0 aliphatic carbocycles. The molecule has 0 heterocycles. The smallest absolute Gasteiger partial charge is 0.224 e. The molecule has 204 valence electrons. The molecule has 0 spiro atoms. The van der Waals surface area contributed by atoms with E-state index in [1.807, 2.05) is 49.4 Å². The standard InChI is InChI=1S/C30H38N2O6/c1-20(32-18-27(35)24-8-9-26(34)25(17-24)19-33)13-22-5-4-6-23(14-22)16-30(36)31-12-11-21-7-10-28(37-2)29(15-21)38-3/h4-10,14-15,17,20,27,32-35H,11-13,16,18-19H2,1-3H3,(H,31,36)/t20?,27-/m0/s1. The highest BCUT2D eigenvalue weighted by molar-refractivity contribution is 5.78. The second kappa shape index (κ2) is 14.4. The summed E-state index contributed by atoms with van der Waals surface area (Å²) in [7, 11) is 3.20. The Morgan fingerprint density at radius 1 is 0.947 bits per heavy atom. The molecule has 8 heteroatoms. The van der Waals surface area contributed by atoms with Gasteiger partial charge in [0, 0.05) is 24.7 Å². The molecular formula is C30H38N2O6. The summed E-state index contributed by atoms with van der Waals surface area (Å²) in [4.78, 5) is 12.5. The number of hydrogen-bond acceptors (Lipinski definition) is 7. The number of aromatic hydroxyl groups is 1. The third-order valence-corrected chi connectivity index (χ3v) is 6.40. The number of rotatable bonds is 14. The molecule has 0 aromatic heterocycles. The summed E-state index contributed by atoms with van der Waals surface area (Å²) in [6.45, 7) is 2.61. The number of ether oxygens (including phenoxy) is 2. The first-order chi connectivity index (χ1) is 18.3. The Kier molecular flexibility index (Phi) is 11.0. The molecule has 0 aliphatic heterocycles. The number of amides is 1. The van der Waals surface area contributed by atoms with Crippen molar-refractivity contribution < 1.29 is 29.6 Å². The molecule has 0 saturated carbocycles. The average molecular weight is 523 g/mol. The lowest BCUT2D eigenvalue weighted by Crippen LogP contribution is -2.32. The van der Waals surface area contributed by atoms with Crippen LogP contribution in [0.2, 0.25) is 0 Å². The summed E-state index contributed by atoms with van der Waals surface area (Å²) >= 11 is 0. The highest BCUT2D eigenvalue weighted by Gasteiger charge is 2.13. The number of nitrogens with one attached hydrogen (secondary N) is 2. The predicted molar refractivity (Wildman–Crippen MR) is 147 cm³/mol. The zero-order chi connectivity index (χ0) is 27.5. The monoisotopic (exact) mass is 522 g/mol. The van der Waals surface area contributed by atoms with Gasteiger partial charge in [0.05, 0.1) is 33.4 Å². The third-order valence-electron chi connectivity index (χ3n) is 6.40. The molecule has 3 aromatic rings. The Labute approximate surface area is 224 Å². The number of aliphatic hydroxyl groups is 2. The molecule has 1 amide bonds. The van der Waals surface area contributed by atoms with Crippen LogP contribution in [0.1, 0.15) is 40.8 Å². The fraction of sp³-hybridized carbons (Fsp3) is 0.367. The first kappa shape index (κ1) is 29.0. The Bertz CT molecular complexity index is 1200. The van der Waals surface area contributed by atoms with Gasteiger partial charge in [0.25, 0.3) is 0 Å². The van der Waals surface area contributed by atoms with Gasteiger partial charge in [0.2, 0.25) is 5.91 Å². The largest absolute Gasteiger partial charge is 0.508 e. The fourth-order valence-electron chi connectivity index (χ4n) is 4.29. The van der Waals surface area contributed by atoms with Gasteiger partial charge in [-0.25, -0.2) is 0 Å². The Morgan fingerprint density at radius 3 is 2.45 bits per heavy atom. The maximum atomic E-state index is 12.5. The summed E-state index contributed by atoms with van der Waals surface area (Å²) in [6.07, 6.45) is 0.956. The molecule has 3 aromatic carbocycles. The van der Waals surface area contributed by atoms with E-state index in [1.165, 1.54) is 6.07 Å². The first-order valence-electron chi connectivity index (χ1n) is 12.7. The third kappa shape index (κ3) is 8.48. The van der Waals surface area contributed by atoms with Crippen molar-refractivity contribution in [3.05, 3.63) is 88.5 Å². The second-order valence-corrected chi connectivity index (χ2v) is 9.36. The van der Waals surface area contributed by atoms with Crippen LogP contribution >= 0.6 is 0 Å². The van der Waals surface area contributed by atoms with Crippen molar-refractivity contribution in [2.75, 3.05) is 27.3 Å². The summed E-state index contributed by atoms with van der Waals surface area (Å²) in [5, 5.41) is 35.8. The van der Waals surface area contributed by atoms with Gasteiger partial charge >= 0.3 is 0 Å². The number of hydrogen-bond donors (Lipinski definition) is 5. The summed E-state index contributed by atoms with van der Waals surface area (Å²) in [5.41, 5.74) is 4.11. The van der Waals surface area contributed by atoms with Crippen LogP contribution in [0.3, 0.4) is 0 Å². The quantitative estimate of drug-likeness (QED) is 0.221. The molecular weight excluding hydrogens is 484 g/mol. The molecule has 0 saturated heterocycles. The lowest BCUT2D eigenvalue weighted by molar-refractivity contribution is -0.120. The second-order valence-electron chi connectivity index (χ2n) is 9.36. The van der Waals surface area contributed by atoms with Gasteiger partial charge in [-0.1, -0.05) is 36.4 Å². The minimum atomic E-state index is -0.766. The molecule has 0 radical (unpaired) electrons. The van der Waals surface area contributed by atoms with Crippen LogP contribution in [0.4, 0.5) is 0 Å². The highest BCUT2D eigenvalue weighted by atomic mass is 16.5. The fourth-order valence-corrected chi connectivity index (χ4v) is 4.29. The SMILES string of the molecule is COc1ccc(CCNC(=O)Cc2cccc(CC(C)NC[C@H](O)c3ccc(O)c(CO)c3)c2)cc1OC. The number of phenols is 1. The Hall–Kier alpha value is -3.59. The molecule has 8 nitrogen and oxygen atoms in total. The highest BCUT2D eigenvalue weighted by Crippen LogP contribution is 2.27. The van der Waals surface area contributed by atoms with Gasteiger partial charge < -0.3 is 35.4 Å². The normalized spacial score (nSPS) is 12.6. The molecule has 0 fully saturated rings. The molecule has 3 rings (SSSR count). The number of carbonyl (C=O) groups excluding carboxylic acids is 1. The van der Waals surface area contributed by atoms with Gasteiger partial charge in [-0.3, -0.25) is 4.79 Å². The molecule has 0 aliphatic rings. The van der Waals surface area contributed by atoms with Crippen LogP contribution in [0.5, 0.6) is 17.2 Å². The zero-order valence-corrected chi connectivity index (χ0v) is 22.2. The zero-order valence-electron chi connectivity index (χ0n) is 22.2. The first-order valence-corrected chi connectivity index (χ1v) is 12.7. The summed E-state index contributed by atoms with van der Waals surface area (Å²) < 4.78 is 10.6. The number of aliphatic hydroxyl groups excluding tert-OH is 2. The van der Waals surface area contributed by atoms with E-state index in [2.05, 4.69) is 10.6 Å². The average Bonchev–Trinajstić information content (AvgIpc) is 2.92. The van der Waals surface area contributed by atoms with E-state index < -0.39 is 6.10 Å². The number of methoxy groups -OCH3 is 2. The Balaban J connectivity index is 1.44. The predicted octanol–water partition coefficient (Wildman–Crippen LogP) is 3.06. The van der Waals surface area contributed by atoms with Crippen LogP contribution < -0.4 is 20.1 Å². The molecule has 0 bridgehead atoms. The van der Waals surface area contributed by atoms with Crippen molar-refractivity contribution in [2.24, 2.45) is 0 Å². The van der Waals surface area contributed by atoms with Crippen LogP contribution in [-0.2, 0) is 30.7 Å². The van der Waals surface area contributed by atoms with Crippen molar-refractivity contribution in [1.29, 1.82) is 0 Å². The number of carbonyl (C=O) groups is 1. The maximum absolute atomic E-state index is 12.5. The van der Waals surface area contributed by atoms with Crippen LogP contribution in [0.15, 0.2) is 60.7 Å². The molecule has 1 unspecified atom stereocenters. The molecule has 5 N–H and O–H groups in total. The van der Waals surface area contributed by atoms with E-state index in [-0.39, 0.29) is 24.3 Å². The minimum Gasteiger partial charge on any atom is -0.508 e. The van der Waals surface area contributed by atoms with E-state index in [4.69, 9.17) is 9.47 Å². The van der Waals surface area contributed by atoms with E-state index in [0.29, 0.717) is 48.6 Å². The molecule has 2 atom stereocenters. The van der Waals surface area contributed by atoms with Crippen LogP contribution in [0.25, 0.3) is 0 Å². The topological polar surface area (TPSA) is 120 Å². The van der Waals surface area contributed by atoms with Crippen molar-refractivity contribution in [1.82, 2.24) is 10.6 Å². The van der Waals surface area contributed by atoms with Crippen molar-refractivity contribution in [3.63, 3.8) is 0 Å². The Morgan fingerprint density at radius 2 is 1.71 bits per heavy atom.